The lowest BCUT2D eigenvalue weighted by Crippen LogP contribution is -2.59. The van der Waals surface area contributed by atoms with Gasteiger partial charge in [0, 0.05) is 18.7 Å². The summed E-state index contributed by atoms with van der Waals surface area (Å²) in [6.45, 7) is -1.54. The lowest BCUT2D eigenvalue weighted by atomic mass is 10.1. The number of hydrogen-bond donors (Lipinski definition) is 2. The largest absolute Gasteiger partial charge is 0.489 e. The number of nitrogens with two attached hydrogens (primary N) is 1. The highest BCUT2D eigenvalue weighted by Gasteiger charge is 2.40. The Morgan fingerprint density at radius 3 is 2.58 bits per heavy atom. The van der Waals surface area contributed by atoms with Crippen molar-refractivity contribution in [3.8, 4) is 23.0 Å². The van der Waals surface area contributed by atoms with Gasteiger partial charge >= 0.3 is 18.7 Å². The first-order valence-electron chi connectivity index (χ1n) is 11.9. The van der Waals surface area contributed by atoms with E-state index in [9.17, 15) is 28.3 Å². The molecule has 1 aromatic carbocycles. The Kier molecular flexibility index (Phi) is 7.99. The average molecular weight is 539 g/mol. The summed E-state index contributed by atoms with van der Waals surface area (Å²) in [6.07, 6.45) is 0.743. The van der Waals surface area contributed by atoms with Gasteiger partial charge in [0.25, 0.3) is 5.91 Å². The number of methoxy groups -OCH3 is 1. The molecule has 2 heterocycles. The monoisotopic (exact) mass is 538 g/mol. The maximum atomic E-state index is 13.5. The maximum absolute atomic E-state index is 13.5. The molecule has 1 aromatic heterocycles. The van der Waals surface area contributed by atoms with Gasteiger partial charge in [0.15, 0.2) is 23.0 Å². The molecule has 0 radical (unpaired) electrons. The van der Waals surface area contributed by atoms with Gasteiger partial charge in [-0.25, -0.2) is 14.6 Å². The number of piperazine rings is 1. The minimum absolute atomic E-state index is 0.0277. The van der Waals surface area contributed by atoms with E-state index in [-0.39, 0.29) is 48.5 Å². The number of nitrogens with zero attached hydrogens (tertiary/aromatic N) is 3. The van der Waals surface area contributed by atoms with Crippen LogP contribution in [0.3, 0.4) is 0 Å². The molecule has 1 saturated carbocycles. The quantitative estimate of drug-likeness (QED) is 0.455. The summed E-state index contributed by atoms with van der Waals surface area (Å²) < 4.78 is 46.7. The van der Waals surface area contributed by atoms with Crippen LogP contribution in [0, 0.1) is 5.92 Å². The SMILES string of the molecule is COC(=O)C1CN(C(=O)O)CCN1C(=O)c1nc(-c2ccc(OC(F)F)c(OCC3CC3)c2)oc1[C@H](C)N. The van der Waals surface area contributed by atoms with Crippen LogP contribution in [0.1, 0.15) is 42.1 Å². The molecule has 206 valence electrons. The van der Waals surface area contributed by atoms with Crippen LogP contribution in [-0.2, 0) is 9.53 Å². The predicted molar refractivity (Wildman–Crippen MR) is 126 cm³/mol. The van der Waals surface area contributed by atoms with E-state index in [0.717, 1.165) is 24.9 Å². The molecule has 1 aliphatic heterocycles. The molecular weight excluding hydrogens is 510 g/mol. The van der Waals surface area contributed by atoms with Gasteiger partial charge in [0.05, 0.1) is 26.3 Å². The Morgan fingerprint density at radius 2 is 1.97 bits per heavy atom. The van der Waals surface area contributed by atoms with Gasteiger partial charge in [-0.15, -0.1) is 0 Å². The molecule has 12 nitrogen and oxygen atoms in total. The van der Waals surface area contributed by atoms with Crippen LogP contribution in [0.2, 0.25) is 0 Å². The topological polar surface area (TPSA) is 158 Å². The van der Waals surface area contributed by atoms with E-state index in [0.29, 0.717) is 18.1 Å². The second-order valence-corrected chi connectivity index (χ2v) is 9.08. The molecule has 1 aliphatic carbocycles. The van der Waals surface area contributed by atoms with Crippen LogP contribution in [0.4, 0.5) is 13.6 Å². The molecule has 1 unspecified atom stereocenters. The van der Waals surface area contributed by atoms with E-state index < -0.39 is 36.7 Å². The summed E-state index contributed by atoms with van der Waals surface area (Å²) >= 11 is 0. The van der Waals surface area contributed by atoms with Crippen molar-refractivity contribution in [1.29, 1.82) is 0 Å². The number of carboxylic acid groups (broad SMARTS) is 1. The van der Waals surface area contributed by atoms with Crippen molar-refractivity contribution < 1.29 is 46.9 Å². The van der Waals surface area contributed by atoms with Crippen molar-refractivity contribution in [3.05, 3.63) is 29.7 Å². The number of oxazole rings is 1. The van der Waals surface area contributed by atoms with Gasteiger partial charge in [-0.3, -0.25) is 4.79 Å². The number of benzene rings is 1. The lowest BCUT2D eigenvalue weighted by molar-refractivity contribution is -0.147. The second kappa shape index (κ2) is 11.2. The van der Waals surface area contributed by atoms with Crippen molar-refractivity contribution in [3.63, 3.8) is 0 Å². The van der Waals surface area contributed by atoms with E-state index in [1.165, 1.54) is 23.1 Å². The van der Waals surface area contributed by atoms with Gasteiger partial charge in [0.2, 0.25) is 5.89 Å². The van der Waals surface area contributed by atoms with E-state index in [1.807, 2.05) is 0 Å². The summed E-state index contributed by atoms with van der Waals surface area (Å²) in [6, 6.07) is 2.16. The van der Waals surface area contributed by atoms with Crippen LogP contribution < -0.4 is 15.2 Å². The summed E-state index contributed by atoms with van der Waals surface area (Å²) in [5.41, 5.74) is 6.19. The maximum Gasteiger partial charge on any atom is 0.407 e. The fourth-order valence-electron chi connectivity index (χ4n) is 4.03. The molecule has 38 heavy (non-hydrogen) atoms. The third kappa shape index (κ3) is 5.96. The van der Waals surface area contributed by atoms with Crippen LogP contribution in [-0.4, -0.2) is 83.9 Å². The molecule has 2 aromatic rings. The van der Waals surface area contributed by atoms with Crippen molar-refractivity contribution in [2.75, 3.05) is 33.4 Å². The molecule has 4 rings (SSSR count). The number of amides is 2. The van der Waals surface area contributed by atoms with Gasteiger partial charge in [-0.2, -0.15) is 8.78 Å². The Morgan fingerprint density at radius 1 is 1.24 bits per heavy atom. The van der Waals surface area contributed by atoms with Crippen LogP contribution in [0.15, 0.2) is 22.6 Å². The number of hydrogen-bond acceptors (Lipinski definition) is 9. The van der Waals surface area contributed by atoms with Gasteiger partial charge in [-0.1, -0.05) is 0 Å². The molecule has 2 aliphatic rings. The number of alkyl halides is 2. The highest BCUT2D eigenvalue weighted by Crippen LogP contribution is 2.37. The van der Waals surface area contributed by atoms with Crippen molar-refractivity contribution in [2.45, 2.75) is 38.5 Å². The Bertz CT molecular complexity index is 1200. The normalized spacial score (nSPS) is 18.3. The minimum Gasteiger partial charge on any atom is -0.489 e. The summed E-state index contributed by atoms with van der Waals surface area (Å²) in [4.78, 5) is 43.9. The fraction of sp³-hybridized carbons (Fsp3) is 0.500. The fourth-order valence-corrected chi connectivity index (χ4v) is 4.03. The van der Waals surface area contributed by atoms with E-state index >= 15 is 0 Å². The van der Waals surface area contributed by atoms with Crippen LogP contribution >= 0.6 is 0 Å². The molecule has 2 atom stereocenters. The number of carbonyl (C=O) groups excluding carboxylic acids is 2. The zero-order valence-electron chi connectivity index (χ0n) is 20.8. The standard InChI is InChI=1S/C24H28F2N4O8/c1-12(27)19-18(21(31)30-8-7-29(24(33)34)10-15(30)22(32)35-2)28-20(38-19)14-5-6-16(37-23(25)26)17(9-14)36-11-13-3-4-13/h5-6,9,12-13,15,23H,3-4,7-8,10-11,27H2,1-2H3,(H,33,34)/t12-,15?/m0/s1. The smallest absolute Gasteiger partial charge is 0.407 e. The number of ether oxygens (including phenoxy) is 3. The van der Waals surface area contributed by atoms with E-state index in [1.54, 1.807) is 6.92 Å². The first-order chi connectivity index (χ1) is 18.1. The second-order valence-electron chi connectivity index (χ2n) is 9.08. The van der Waals surface area contributed by atoms with Gasteiger partial charge < -0.3 is 39.3 Å². The molecule has 3 N–H and O–H groups in total. The molecule has 2 amide bonds. The van der Waals surface area contributed by atoms with Crippen LogP contribution in [0.25, 0.3) is 11.5 Å². The van der Waals surface area contributed by atoms with Crippen molar-refractivity contribution >= 4 is 18.0 Å². The molecule has 1 saturated heterocycles. The number of aromatic nitrogens is 1. The molecule has 14 heteroatoms. The predicted octanol–water partition coefficient (Wildman–Crippen LogP) is 2.73. The number of carbonyl (C=O) groups is 3. The summed E-state index contributed by atoms with van der Waals surface area (Å²) in [5, 5.41) is 9.33. The molecule has 0 spiro atoms. The number of halogens is 2. The van der Waals surface area contributed by atoms with Crippen molar-refractivity contribution in [1.82, 2.24) is 14.8 Å². The van der Waals surface area contributed by atoms with E-state index in [4.69, 9.17) is 19.6 Å². The zero-order valence-corrected chi connectivity index (χ0v) is 20.8. The lowest BCUT2D eigenvalue weighted by Gasteiger charge is -2.38. The van der Waals surface area contributed by atoms with E-state index in [2.05, 4.69) is 9.72 Å². The first kappa shape index (κ1) is 27.1. The van der Waals surface area contributed by atoms with Crippen LogP contribution in [0.5, 0.6) is 11.5 Å². The molecule has 2 fully saturated rings. The van der Waals surface area contributed by atoms with Gasteiger partial charge in [0.1, 0.15) is 6.04 Å². The third-order valence-corrected chi connectivity index (χ3v) is 6.23. The zero-order chi connectivity index (χ0) is 27.6. The summed E-state index contributed by atoms with van der Waals surface area (Å²) in [7, 11) is 1.14. The number of esters is 1. The minimum atomic E-state index is -3.05. The Labute approximate surface area is 216 Å². The molecular formula is C24H28F2N4O8. The Balaban J connectivity index is 1.66. The molecule has 0 bridgehead atoms. The highest BCUT2D eigenvalue weighted by atomic mass is 19.3. The first-order valence-corrected chi connectivity index (χ1v) is 11.9. The van der Waals surface area contributed by atoms with Gasteiger partial charge in [-0.05, 0) is 43.9 Å². The Hall–Kier alpha value is -3.94. The summed E-state index contributed by atoms with van der Waals surface area (Å²) in [5.74, 6) is -1.23. The average Bonchev–Trinajstić information content (AvgIpc) is 3.61. The number of rotatable bonds is 9. The van der Waals surface area contributed by atoms with Crippen molar-refractivity contribution in [2.24, 2.45) is 11.7 Å². The highest BCUT2D eigenvalue weighted by molar-refractivity contribution is 5.97. The third-order valence-electron chi connectivity index (χ3n) is 6.23.